The van der Waals surface area contributed by atoms with Crippen LogP contribution in [0.5, 0.6) is 0 Å². The van der Waals surface area contributed by atoms with Crippen molar-refractivity contribution in [2.24, 2.45) is 0 Å². The van der Waals surface area contributed by atoms with Crippen molar-refractivity contribution in [3.05, 3.63) is 95.1 Å². The number of sulfonamides is 1. The molecule has 7 nitrogen and oxygen atoms in total. The van der Waals surface area contributed by atoms with Crippen LogP contribution in [0.1, 0.15) is 61.8 Å². The Bertz CT molecular complexity index is 1450. The zero-order valence-electron chi connectivity index (χ0n) is 24.5. The highest BCUT2D eigenvalue weighted by molar-refractivity contribution is 7.92. The minimum absolute atomic E-state index is 0.108. The number of nitrogens with one attached hydrogen (secondary N) is 1. The first-order chi connectivity index (χ1) is 19.6. The van der Waals surface area contributed by atoms with Crippen LogP contribution in [-0.2, 0) is 32.6 Å². The molecule has 3 aromatic rings. The van der Waals surface area contributed by atoms with Gasteiger partial charge in [0.25, 0.3) is 10.0 Å². The van der Waals surface area contributed by atoms with Crippen molar-refractivity contribution in [1.29, 1.82) is 0 Å². The molecule has 218 valence electrons. The van der Waals surface area contributed by atoms with E-state index < -0.39 is 28.5 Å². The lowest BCUT2D eigenvalue weighted by atomic mass is 10.1. The molecule has 4 rings (SSSR count). The molecule has 1 fully saturated rings. The van der Waals surface area contributed by atoms with Crippen LogP contribution < -0.4 is 9.62 Å². The number of hydrogen-bond acceptors (Lipinski definition) is 4. The maximum Gasteiger partial charge on any atom is 0.264 e. The maximum atomic E-state index is 14.2. The molecule has 0 spiro atoms. The molecule has 1 aliphatic rings. The van der Waals surface area contributed by atoms with Crippen LogP contribution in [0.15, 0.2) is 77.7 Å². The van der Waals surface area contributed by atoms with Crippen LogP contribution >= 0.6 is 0 Å². The van der Waals surface area contributed by atoms with Gasteiger partial charge in [0, 0.05) is 12.6 Å². The Hall–Kier alpha value is -3.65. The van der Waals surface area contributed by atoms with E-state index in [0.717, 1.165) is 47.9 Å². The smallest absolute Gasteiger partial charge is 0.264 e. The summed E-state index contributed by atoms with van der Waals surface area (Å²) < 4.78 is 29.3. The normalized spacial score (nSPS) is 14.4. The molecule has 0 radical (unpaired) electrons. The highest BCUT2D eigenvalue weighted by Gasteiger charge is 2.34. The topological polar surface area (TPSA) is 86.8 Å². The predicted octanol–water partition coefficient (Wildman–Crippen LogP) is 5.54. The largest absolute Gasteiger partial charge is 0.352 e. The summed E-state index contributed by atoms with van der Waals surface area (Å²) in [6.07, 6.45) is 4.61. The first kappa shape index (κ1) is 30.3. The van der Waals surface area contributed by atoms with Crippen molar-refractivity contribution >= 4 is 27.5 Å². The molecule has 2 amide bonds. The number of aryl methyl sites for hydroxylation is 3. The van der Waals surface area contributed by atoms with Crippen LogP contribution in [0.4, 0.5) is 5.69 Å². The van der Waals surface area contributed by atoms with Crippen molar-refractivity contribution in [2.75, 3.05) is 10.8 Å². The van der Waals surface area contributed by atoms with E-state index >= 15 is 0 Å². The van der Waals surface area contributed by atoms with Crippen molar-refractivity contribution in [1.82, 2.24) is 10.2 Å². The van der Waals surface area contributed by atoms with E-state index in [9.17, 15) is 18.0 Å². The molecule has 0 unspecified atom stereocenters. The number of rotatable bonds is 11. The number of carbonyl (C=O) groups excluding carboxylic acids is 2. The fourth-order valence-electron chi connectivity index (χ4n) is 5.27. The maximum absolute atomic E-state index is 14.2. The van der Waals surface area contributed by atoms with Gasteiger partial charge in [0.2, 0.25) is 11.8 Å². The van der Waals surface area contributed by atoms with Gasteiger partial charge in [-0.1, -0.05) is 85.5 Å². The molecule has 0 heterocycles. The van der Waals surface area contributed by atoms with Crippen molar-refractivity contribution in [3.63, 3.8) is 0 Å². The van der Waals surface area contributed by atoms with Gasteiger partial charge >= 0.3 is 0 Å². The monoisotopic (exact) mass is 575 g/mol. The minimum atomic E-state index is -4.09. The molecule has 0 bridgehead atoms. The third kappa shape index (κ3) is 7.36. The van der Waals surface area contributed by atoms with Gasteiger partial charge in [0.05, 0.1) is 10.6 Å². The van der Waals surface area contributed by atoms with Gasteiger partial charge in [0.15, 0.2) is 0 Å². The zero-order chi connectivity index (χ0) is 29.6. The lowest BCUT2D eigenvalue weighted by molar-refractivity contribution is -0.139. The molecular formula is C33H41N3O4S. The molecular weight excluding hydrogens is 534 g/mol. The Kier molecular flexibility index (Phi) is 9.86. The number of para-hydroxylation sites is 1. The van der Waals surface area contributed by atoms with Gasteiger partial charge in [-0.2, -0.15) is 0 Å². The molecule has 41 heavy (non-hydrogen) atoms. The Morgan fingerprint density at radius 2 is 1.49 bits per heavy atom. The quantitative estimate of drug-likeness (QED) is 0.325. The lowest BCUT2D eigenvalue weighted by Crippen LogP contribution is -2.52. The highest BCUT2D eigenvalue weighted by Crippen LogP contribution is 2.28. The summed E-state index contributed by atoms with van der Waals surface area (Å²) in [4.78, 5) is 29.1. The molecule has 0 saturated heterocycles. The molecule has 8 heteroatoms. The molecule has 3 aromatic carbocycles. The SMILES string of the molecule is CCc1ccccc1N(CC(=O)N(Cc1ccc(C)cc1)[C@@H](C)C(=O)NC1CCCC1)S(=O)(=O)c1ccc(C)cc1. The molecule has 1 N–H and O–H groups in total. The fourth-order valence-corrected chi connectivity index (χ4v) is 6.72. The van der Waals surface area contributed by atoms with Crippen molar-refractivity contribution in [2.45, 2.75) is 83.3 Å². The summed E-state index contributed by atoms with van der Waals surface area (Å²) in [6, 6.07) is 21.0. The summed E-state index contributed by atoms with van der Waals surface area (Å²) in [5.74, 6) is -0.666. The second-order valence-electron chi connectivity index (χ2n) is 11.0. The first-order valence-electron chi connectivity index (χ1n) is 14.4. The number of amides is 2. The standard InChI is InChI=1S/C33H41N3O4S/c1-5-28-10-6-9-13-31(28)36(41(39,40)30-20-16-25(3)17-21-30)23-32(37)35(22-27-18-14-24(2)15-19-27)26(4)33(38)34-29-11-7-8-12-29/h6,9-10,13-21,26,29H,5,7-8,11-12,22-23H2,1-4H3,(H,34,38)/t26-/m0/s1. The number of carbonyl (C=O) groups is 2. The zero-order valence-corrected chi connectivity index (χ0v) is 25.3. The molecule has 1 atom stereocenters. The van der Waals surface area contributed by atoms with Gasteiger partial charge < -0.3 is 10.2 Å². The average molecular weight is 576 g/mol. The third-order valence-electron chi connectivity index (χ3n) is 7.87. The lowest BCUT2D eigenvalue weighted by Gasteiger charge is -2.33. The van der Waals surface area contributed by atoms with Crippen LogP contribution in [0.25, 0.3) is 0 Å². The summed E-state index contributed by atoms with van der Waals surface area (Å²) in [5.41, 5.74) is 4.17. The van der Waals surface area contributed by atoms with Crippen molar-refractivity contribution < 1.29 is 18.0 Å². The van der Waals surface area contributed by atoms with Gasteiger partial charge in [-0.15, -0.1) is 0 Å². The van der Waals surface area contributed by atoms with Gasteiger partial charge in [-0.3, -0.25) is 13.9 Å². The minimum Gasteiger partial charge on any atom is -0.352 e. The predicted molar refractivity (Wildman–Crippen MR) is 163 cm³/mol. The van der Waals surface area contributed by atoms with E-state index in [1.54, 1.807) is 43.3 Å². The number of nitrogens with zero attached hydrogens (tertiary/aromatic N) is 2. The number of hydrogen-bond donors (Lipinski definition) is 1. The van der Waals surface area contributed by atoms with Crippen LogP contribution in [0.3, 0.4) is 0 Å². The Labute approximate surface area is 244 Å². The fraction of sp³-hybridized carbons (Fsp3) is 0.394. The van der Waals surface area contributed by atoms with Crippen LogP contribution in [-0.4, -0.2) is 43.8 Å². The van der Waals surface area contributed by atoms with E-state index in [1.807, 2.05) is 57.2 Å². The van der Waals surface area contributed by atoms with E-state index in [0.29, 0.717) is 12.1 Å². The molecule has 0 aromatic heterocycles. The highest BCUT2D eigenvalue weighted by atomic mass is 32.2. The third-order valence-corrected chi connectivity index (χ3v) is 9.65. The van der Waals surface area contributed by atoms with E-state index in [-0.39, 0.29) is 23.4 Å². The molecule has 1 aliphatic carbocycles. The summed E-state index contributed by atoms with van der Waals surface area (Å²) in [7, 11) is -4.09. The van der Waals surface area contributed by atoms with Gasteiger partial charge in [-0.25, -0.2) is 8.42 Å². The molecule has 0 aliphatic heterocycles. The second-order valence-corrected chi connectivity index (χ2v) is 12.8. The Balaban J connectivity index is 1.71. The van der Waals surface area contributed by atoms with Crippen LogP contribution in [0, 0.1) is 13.8 Å². The Morgan fingerprint density at radius 1 is 0.902 bits per heavy atom. The van der Waals surface area contributed by atoms with Crippen molar-refractivity contribution in [3.8, 4) is 0 Å². The van der Waals surface area contributed by atoms with E-state index in [1.165, 1.54) is 9.21 Å². The van der Waals surface area contributed by atoms with E-state index in [2.05, 4.69) is 5.32 Å². The van der Waals surface area contributed by atoms with E-state index in [4.69, 9.17) is 0 Å². The second kappa shape index (κ2) is 13.3. The number of benzene rings is 3. The summed E-state index contributed by atoms with van der Waals surface area (Å²) in [5, 5.41) is 3.11. The average Bonchev–Trinajstić information content (AvgIpc) is 3.48. The van der Waals surface area contributed by atoms with Gasteiger partial charge in [-0.05, 0) is 69.4 Å². The molecule has 1 saturated carbocycles. The number of anilines is 1. The first-order valence-corrected chi connectivity index (χ1v) is 15.9. The summed E-state index contributed by atoms with van der Waals surface area (Å²) >= 11 is 0. The van der Waals surface area contributed by atoms with Gasteiger partial charge in [0.1, 0.15) is 12.6 Å². The van der Waals surface area contributed by atoms with Crippen LogP contribution in [0.2, 0.25) is 0 Å². The Morgan fingerprint density at radius 3 is 2.10 bits per heavy atom. The summed E-state index contributed by atoms with van der Waals surface area (Å²) in [6.45, 7) is 7.31.